The first kappa shape index (κ1) is 7.50. The molecule has 2 aromatic rings. The van der Waals surface area contributed by atoms with Gasteiger partial charge in [-0.25, -0.2) is 4.98 Å². The van der Waals surface area contributed by atoms with Crippen molar-refractivity contribution in [1.29, 1.82) is 0 Å². The van der Waals surface area contributed by atoms with Crippen LogP contribution in [0.5, 0.6) is 0 Å². The zero-order chi connectivity index (χ0) is 8.55. The number of nitrogens with zero attached hydrogens (tertiary/aromatic N) is 2. The predicted molar refractivity (Wildman–Crippen MR) is 49.3 cm³/mol. The number of aromatic nitrogens is 2. The third kappa shape index (κ3) is 1.14. The number of hydrogen-bond donors (Lipinski definition) is 0. The Labute approximate surface area is 75.2 Å². The first-order valence-corrected chi connectivity index (χ1v) is 4.03. The van der Waals surface area contributed by atoms with Crippen molar-refractivity contribution in [1.82, 2.24) is 9.97 Å². The van der Waals surface area contributed by atoms with Crippen LogP contribution in [-0.4, -0.2) is 9.97 Å². The smallest absolute Gasteiger partial charge is 0.148 e. The summed E-state index contributed by atoms with van der Waals surface area (Å²) in [6, 6.07) is 5.87. The van der Waals surface area contributed by atoms with Crippen LogP contribution in [0.15, 0.2) is 24.4 Å². The first-order chi connectivity index (χ1) is 5.77. The molecule has 3 heteroatoms. The van der Waals surface area contributed by atoms with Crippen LogP contribution in [0.4, 0.5) is 0 Å². The lowest BCUT2D eigenvalue weighted by Gasteiger charge is -1.98. The molecule has 0 N–H and O–H groups in total. The normalized spacial score (nSPS) is 10.5. The molecule has 0 aliphatic heterocycles. The summed E-state index contributed by atoms with van der Waals surface area (Å²) in [5.41, 5.74) is 2.87. The largest absolute Gasteiger partial charge is 0.251 e. The lowest BCUT2D eigenvalue weighted by Crippen LogP contribution is -1.86. The summed E-state index contributed by atoms with van der Waals surface area (Å²) in [6.45, 7) is 1.99. The Hall–Kier alpha value is -1.15. The molecule has 0 radical (unpaired) electrons. The molecule has 0 aliphatic rings. The van der Waals surface area contributed by atoms with Crippen molar-refractivity contribution < 1.29 is 0 Å². The quantitative estimate of drug-likeness (QED) is 0.620. The van der Waals surface area contributed by atoms with E-state index >= 15 is 0 Å². The van der Waals surface area contributed by atoms with Crippen LogP contribution in [0, 0.1) is 6.92 Å². The Morgan fingerprint density at radius 3 is 3.00 bits per heavy atom. The van der Waals surface area contributed by atoms with E-state index in [0.717, 1.165) is 16.6 Å². The summed E-state index contributed by atoms with van der Waals surface area (Å²) >= 11 is 5.72. The number of halogens is 1. The van der Waals surface area contributed by atoms with E-state index in [1.165, 1.54) is 0 Å². The number of fused-ring (bicyclic) bond motifs is 1. The third-order valence-corrected chi connectivity index (χ3v) is 1.93. The minimum absolute atomic E-state index is 0.441. The van der Waals surface area contributed by atoms with Gasteiger partial charge in [0.1, 0.15) is 5.15 Å². The lowest BCUT2D eigenvalue weighted by molar-refractivity contribution is 1.27. The van der Waals surface area contributed by atoms with E-state index in [4.69, 9.17) is 11.6 Å². The van der Waals surface area contributed by atoms with Crippen molar-refractivity contribution in [2.24, 2.45) is 0 Å². The van der Waals surface area contributed by atoms with Gasteiger partial charge in [0, 0.05) is 0 Å². The fourth-order valence-electron chi connectivity index (χ4n) is 1.15. The van der Waals surface area contributed by atoms with Gasteiger partial charge in [-0.3, -0.25) is 4.98 Å². The SMILES string of the molecule is Cc1cccc2ncc(Cl)nc12. The number of hydrogen-bond acceptors (Lipinski definition) is 2. The molecule has 1 heterocycles. The summed E-state index contributed by atoms with van der Waals surface area (Å²) in [7, 11) is 0. The fraction of sp³-hybridized carbons (Fsp3) is 0.111. The van der Waals surface area contributed by atoms with E-state index in [1.54, 1.807) is 6.20 Å². The van der Waals surface area contributed by atoms with Crippen molar-refractivity contribution in [2.45, 2.75) is 6.92 Å². The van der Waals surface area contributed by atoms with Crippen LogP contribution in [0.3, 0.4) is 0 Å². The third-order valence-electron chi connectivity index (χ3n) is 1.75. The van der Waals surface area contributed by atoms with Crippen LogP contribution in [0.2, 0.25) is 5.15 Å². The predicted octanol–water partition coefficient (Wildman–Crippen LogP) is 2.59. The van der Waals surface area contributed by atoms with Gasteiger partial charge in [0.25, 0.3) is 0 Å². The van der Waals surface area contributed by atoms with Gasteiger partial charge in [-0.2, -0.15) is 0 Å². The van der Waals surface area contributed by atoms with Gasteiger partial charge in [0.2, 0.25) is 0 Å². The summed E-state index contributed by atoms with van der Waals surface area (Å²) in [5, 5.41) is 0.441. The number of benzene rings is 1. The van der Waals surface area contributed by atoms with Crippen LogP contribution < -0.4 is 0 Å². The number of para-hydroxylation sites is 1. The van der Waals surface area contributed by atoms with Gasteiger partial charge >= 0.3 is 0 Å². The Balaban J connectivity index is 2.88. The van der Waals surface area contributed by atoms with Crippen LogP contribution in [0.1, 0.15) is 5.56 Å². The summed E-state index contributed by atoms with van der Waals surface area (Å²) in [6.07, 6.45) is 1.56. The van der Waals surface area contributed by atoms with E-state index in [0.29, 0.717) is 5.15 Å². The molecule has 2 rings (SSSR count). The maximum atomic E-state index is 5.72. The van der Waals surface area contributed by atoms with Crippen molar-refractivity contribution in [3.63, 3.8) is 0 Å². The molecule has 1 aromatic carbocycles. The molecule has 1 aromatic heterocycles. The lowest BCUT2D eigenvalue weighted by atomic mass is 10.2. The maximum absolute atomic E-state index is 5.72. The molecule has 60 valence electrons. The molecular formula is C9H7ClN2. The highest BCUT2D eigenvalue weighted by atomic mass is 35.5. The highest BCUT2D eigenvalue weighted by Crippen LogP contribution is 2.15. The zero-order valence-corrected chi connectivity index (χ0v) is 7.34. The molecule has 0 atom stereocenters. The van der Waals surface area contributed by atoms with E-state index in [-0.39, 0.29) is 0 Å². The topological polar surface area (TPSA) is 25.8 Å². The van der Waals surface area contributed by atoms with Crippen LogP contribution in [-0.2, 0) is 0 Å². The fourth-order valence-corrected chi connectivity index (χ4v) is 1.28. The molecule has 0 fully saturated rings. The Kier molecular flexibility index (Phi) is 1.70. The second-order valence-electron chi connectivity index (χ2n) is 2.64. The second-order valence-corrected chi connectivity index (χ2v) is 3.02. The van der Waals surface area contributed by atoms with Gasteiger partial charge in [-0.15, -0.1) is 0 Å². The minimum Gasteiger partial charge on any atom is -0.251 e. The van der Waals surface area contributed by atoms with Gasteiger partial charge in [0.15, 0.2) is 0 Å². The van der Waals surface area contributed by atoms with Gasteiger partial charge in [-0.05, 0) is 18.6 Å². The van der Waals surface area contributed by atoms with E-state index in [2.05, 4.69) is 9.97 Å². The molecule has 0 saturated heterocycles. The maximum Gasteiger partial charge on any atom is 0.148 e. The summed E-state index contributed by atoms with van der Waals surface area (Å²) in [5.74, 6) is 0. The van der Waals surface area contributed by atoms with Crippen LogP contribution >= 0.6 is 11.6 Å². The molecule has 0 aliphatic carbocycles. The van der Waals surface area contributed by atoms with Crippen molar-refractivity contribution in [3.8, 4) is 0 Å². The van der Waals surface area contributed by atoms with Gasteiger partial charge in [0.05, 0.1) is 17.2 Å². The highest BCUT2D eigenvalue weighted by molar-refractivity contribution is 6.29. The van der Waals surface area contributed by atoms with Crippen molar-refractivity contribution >= 4 is 22.6 Å². The van der Waals surface area contributed by atoms with Crippen LogP contribution in [0.25, 0.3) is 11.0 Å². The average Bonchev–Trinajstić information content (AvgIpc) is 2.07. The highest BCUT2D eigenvalue weighted by Gasteiger charge is 1.99. The molecule has 0 amide bonds. The van der Waals surface area contributed by atoms with Gasteiger partial charge < -0.3 is 0 Å². The van der Waals surface area contributed by atoms with E-state index in [9.17, 15) is 0 Å². The second kappa shape index (κ2) is 2.72. The molecule has 0 spiro atoms. The minimum atomic E-state index is 0.441. The summed E-state index contributed by atoms with van der Waals surface area (Å²) < 4.78 is 0. The van der Waals surface area contributed by atoms with E-state index in [1.807, 2.05) is 25.1 Å². The molecular weight excluding hydrogens is 172 g/mol. The Bertz CT molecular complexity index is 426. The average molecular weight is 179 g/mol. The van der Waals surface area contributed by atoms with Crippen molar-refractivity contribution in [2.75, 3.05) is 0 Å². The first-order valence-electron chi connectivity index (χ1n) is 3.65. The Morgan fingerprint density at radius 2 is 2.17 bits per heavy atom. The zero-order valence-electron chi connectivity index (χ0n) is 6.58. The Morgan fingerprint density at radius 1 is 1.33 bits per heavy atom. The van der Waals surface area contributed by atoms with Gasteiger partial charge in [-0.1, -0.05) is 23.7 Å². The molecule has 0 unspecified atom stereocenters. The van der Waals surface area contributed by atoms with Crippen molar-refractivity contribution in [3.05, 3.63) is 35.1 Å². The molecule has 0 bridgehead atoms. The number of aryl methyl sites for hydroxylation is 1. The standard InChI is InChI=1S/C9H7ClN2/c1-6-3-2-4-7-9(6)12-8(10)5-11-7/h2-5H,1H3. The molecule has 12 heavy (non-hydrogen) atoms. The van der Waals surface area contributed by atoms with E-state index < -0.39 is 0 Å². The molecule has 0 saturated carbocycles. The monoisotopic (exact) mass is 178 g/mol. The number of rotatable bonds is 0. The summed E-state index contributed by atoms with van der Waals surface area (Å²) in [4.78, 5) is 8.33. The molecule has 2 nitrogen and oxygen atoms in total.